The largest absolute Gasteiger partial charge is 0.494 e. The monoisotopic (exact) mass is 423 g/mol. The molecule has 0 unspecified atom stereocenters. The molecule has 5 rings (SSSR count). The van der Waals surface area contributed by atoms with Gasteiger partial charge in [0.2, 0.25) is 0 Å². The van der Waals surface area contributed by atoms with Crippen molar-refractivity contribution in [2.75, 3.05) is 5.43 Å². The number of benzene rings is 3. The van der Waals surface area contributed by atoms with Gasteiger partial charge in [-0.05, 0) is 67.7 Å². The summed E-state index contributed by atoms with van der Waals surface area (Å²) in [5.74, 6) is 0. The highest BCUT2D eigenvalue weighted by atomic mass is 16.7. The molecular formula is C26H26BN3O2. The Kier molecular flexibility index (Phi) is 4.80. The van der Waals surface area contributed by atoms with Gasteiger partial charge in [0.15, 0.2) is 0 Å². The Morgan fingerprint density at radius 3 is 2.28 bits per heavy atom. The molecule has 0 aromatic heterocycles. The molecule has 1 heterocycles. The quantitative estimate of drug-likeness (QED) is 0.460. The van der Waals surface area contributed by atoms with E-state index in [2.05, 4.69) is 62.5 Å². The van der Waals surface area contributed by atoms with E-state index in [1.807, 2.05) is 48.6 Å². The maximum atomic E-state index is 8.90. The van der Waals surface area contributed by atoms with Crippen molar-refractivity contribution in [1.29, 1.82) is 5.41 Å². The van der Waals surface area contributed by atoms with Gasteiger partial charge in [-0.2, -0.15) is 5.10 Å². The van der Waals surface area contributed by atoms with Crippen molar-refractivity contribution in [2.45, 2.75) is 38.9 Å². The van der Waals surface area contributed by atoms with Crippen molar-refractivity contribution in [3.63, 3.8) is 0 Å². The van der Waals surface area contributed by atoms with Crippen LogP contribution >= 0.6 is 0 Å². The van der Waals surface area contributed by atoms with Crippen molar-refractivity contribution < 1.29 is 9.31 Å². The fraction of sp³-hybridized carbons (Fsp3) is 0.231. The van der Waals surface area contributed by atoms with E-state index < -0.39 is 18.3 Å². The summed E-state index contributed by atoms with van der Waals surface area (Å²) in [5, 5.41) is 15.4. The zero-order valence-electron chi connectivity index (χ0n) is 18.8. The minimum Gasteiger partial charge on any atom is -0.399 e. The summed E-state index contributed by atoms with van der Waals surface area (Å²) in [6, 6.07) is 20.1. The zero-order valence-corrected chi connectivity index (χ0v) is 18.8. The summed E-state index contributed by atoms with van der Waals surface area (Å²) in [6.07, 6.45) is 3.89. The van der Waals surface area contributed by atoms with Crippen LogP contribution in [0.2, 0.25) is 0 Å². The summed E-state index contributed by atoms with van der Waals surface area (Å²) >= 11 is 0. The summed E-state index contributed by atoms with van der Waals surface area (Å²) < 4.78 is 12.5. The van der Waals surface area contributed by atoms with E-state index in [0.29, 0.717) is 11.4 Å². The topological polar surface area (TPSA) is 66.7 Å². The number of hydrogen-bond donors (Lipinski definition) is 2. The minimum atomic E-state index is -0.443. The Bertz CT molecular complexity index is 1260. The summed E-state index contributed by atoms with van der Waals surface area (Å²) in [7, 11) is -0.443. The van der Waals surface area contributed by atoms with Gasteiger partial charge in [0.1, 0.15) is 5.71 Å². The molecule has 1 aliphatic carbocycles. The van der Waals surface area contributed by atoms with Gasteiger partial charge in [-0.25, -0.2) is 0 Å². The molecule has 5 nitrogen and oxygen atoms in total. The maximum absolute atomic E-state index is 8.90. The van der Waals surface area contributed by atoms with Crippen molar-refractivity contribution in [2.24, 2.45) is 5.10 Å². The maximum Gasteiger partial charge on any atom is 0.494 e. The second-order valence-electron chi connectivity index (χ2n) is 9.28. The lowest BCUT2D eigenvalue weighted by Crippen LogP contribution is -2.41. The van der Waals surface area contributed by atoms with Crippen LogP contribution in [-0.2, 0) is 9.31 Å². The highest BCUT2D eigenvalue weighted by Crippen LogP contribution is 2.37. The van der Waals surface area contributed by atoms with Crippen molar-refractivity contribution in [3.8, 4) is 0 Å². The number of para-hydroxylation sites is 1. The lowest BCUT2D eigenvalue weighted by Gasteiger charge is -2.32. The summed E-state index contributed by atoms with van der Waals surface area (Å²) in [5.41, 5.74) is 6.95. The Morgan fingerprint density at radius 1 is 0.875 bits per heavy atom. The predicted molar refractivity (Wildman–Crippen MR) is 133 cm³/mol. The molecule has 160 valence electrons. The first kappa shape index (κ1) is 20.7. The van der Waals surface area contributed by atoms with E-state index in [-0.39, 0.29) is 0 Å². The molecule has 0 spiro atoms. The summed E-state index contributed by atoms with van der Waals surface area (Å²) in [6.45, 7) is 8.22. The number of nitrogens with one attached hydrogen (secondary N) is 2. The third-order valence-electron chi connectivity index (χ3n) is 6.61. The number of anilines is 1. The number of fused-ring (bicyclic) bond motifs is 3. The number of hydrazone groups is 1. The minimum absolute atomic E-state index is 0.391. The molecule has 0 radical (unpaired) electrons. The van der Waals surface area contributed by atoms with E-state index in [4.69, 9.17) is 14.7 Å². The summed E-state index contributed by atoms with van der Waals surface area (Å²) in [4.78, 5) is 0. The Hall–Kier alpha value is -3.22. The smallest absolute Gasteiger partial charge is 0.399 e. The van der Waals surface area contributed by atoms with Crippen LogP contribution in [0, 0.1) is 5.41 Å². The molecule has 3 aromatic rings. The molecule has 0 amide bonds. The first-order chi connectivity index (χ1) is 15.2. The third kappa shape index (κ3) is 3.46. The average molecular weight is 423 g/mol. The van der Waals surface area contributed by atoms with Crippen LogP contribution in [0.4, 0.5) is 5.69 Å². The standard InChI is InChI=1S/C26H26BN3O2/c1-25(2)26(3,4)32-27(31-25)19-14-12-17-10-11-18-13-15-22(24(28)23(18)21(17)16-19)30-29-20-8-6-5-7-9-20/h5-16,28-29H,1-4H3/b28-24?,30-22-. The molecule has 2 aliphatic rings. The Morgan fingerprint density at radius 2 is 1.56 bits per heavy atom. The van der Waals surface area contributed by atoms with E-state index >= 15 is 0 Å². The molecule has 1 saturated heterocycles. The van der Waals surface area contributed by atoms with Gasteiger partial charge < -0.3 is 9.31 Å². The van der Waals surface area contributed by atoms with Gasteiger partial charge in [0.25, 0.3) is 0 Å². The molecule has 1 fully saturated rings. The molecule has 0 bridgehead atoms. The van der Waals surface area contributed by atoms with Gasteiger partial charge in [-0.15, -0.1) is 0 Å². The zero-order chi connectivity index (χ0) is 22.5. The lowest BCUT2D eigenvalue weighted by atomic mass is 9.77. The molecule has 3 aromatic carbocycles. The van der Waals surface area contributed by atoms with E-state index in [0.717, 1.165) is 33.0 Å². The fourth-order valence-corrected chi connectivity index (χ4v) is 4.01. The predicted octanol–water partition coefficient (Wildman–Crippen LogP) is 5.00. The average Bonchev–Trinajstić information content (AvgIpc) is 3.00. The van der Waals surface area contributed by atoms with Gasteiger partial charge in [0.05, 0.1) is 22.6 Å². The second-order valence-corrected chi connectivity index (χ2v) is 9.28. The molecule has 1 aliphatic heterocycles. The molecular weight excluding hydrogens is 397 g/mol. The van der Waals surface area contributed by atoms with E-state index in [1.54, 1.807) is 0 Å². The SMILES string of the molecule is CC1(C)OB(c2ccc3ccc4c(c3c2)C(=N)/C(=N\Nc2ccccc2)C=C4)OC1(C)C. The van der Waals surface area contributed by atoms with Crippen LogP contribution in [0.5, 0.6) is 0 Å². The van der Waals surface area contributed by atoms with Crippen LogP contribution in [-0.4, -0.2) is 29.7 Å². The van der Waals surface area contributed by atoms with Crippen LogP contribution in [0.15, 0.2) is 71.8 Å². The number of nitrogens with zero attached hydrogens (tertiary/aromatic N) is 1. The van der Waals surface area contributed by atoms with Crippen LogP contribution < -0.4 is 10.9 Å². The molecule has 0 atom stereocenters. The van der Waals surface area contributed by atoms with E-state index in [1.165, 1.54) is 0 Å². The van der Waals surface area contributed by atoms with Crippen LogP contribution in [0.25, 0.3) is 16.8 Å². The molecule has 2 N–H and O–H groups in total. The third-order valence-corrected chi connectivity index (χ3v) is 6.61. The van der Waals surface area contributed by atoms with Crippen molar-refractivity contribution >= 4 is 46.5 Å². The van der Waals surface area contributed by atoms with Crippen molar-refractivity contribution in [1.82, 2.24) is 0 Å². The lowest BCUT2D eigenvalue weighted by molar-refractivity contribution is 0.00578. The van der Waals surface area contributed by atoms with Gasteiger partial charge in [-0.1, -0.05) is 54.6 Å². The van der Waals surface area contributed by atoms with Crippen molar-refractivity contribution in [3.05, 3.63) is 77.9 Å². The van der Waals surface area contributed by atoms with Crippen LogP contribution in [0.3, 0.4) is 0 Å². The Balaban J connectivity index is 1.53. The fourth-order valence-electron chi connectivity index (χ4n) is 4.01. The first-order valence-electron chi connectivity index (χ1n) is 10.8. The molecule has 0 saturated carbocycles. The first-order valence-corrected chi connectivity index (χ1v) is 10.8. The van der Waals surface area contributed by atoms with Gasteiger partial charge in [-0.3, -0.25) is 10.8 Å². The van der Waals surface area contributed by atoms with Gasteiger partial charge >= 0.3 is 7.12 Å². The number of rotatable bonds is 3. The van der Waals surface area contributed by atoms with Crippen LogP contribution in [0.1, 0.15) is 38.8 Å². The number of hydrogen-bond acceptors (Lipinski definition) is 5. The molecule has 32 heavy (non-hydrogen) atoms. The second kappa shape index (κ2) is 7.43. The normalized spacial score (nSPS) is 20.1. The highest BCUT2D eigenvalue weighted by molar-refractivity contribution is 6.62. The molecule has 6 heteroatoms. The Labute approximate surface area is 188 Å². The van der Waals surface area contributed by atoms with E-state index in [9.17, 15) is 0 Å². The van der Waals surface area contributed by atoms with Gasteiger partial charge in [0, 0.05) is 5.56 Å². The highest BCUT2D eigenvalue weighted by Gasteiger charge is 2.51. The number of allylic oxidation sites excluding steroid dienone is 1.